The molecule has 0 amide bonds. The van der Waals surface area contributed by atoms with Gasteiger partial charge in [0.05, 0.1) is 12.5 Å². The summed E-state index contributed by atoms with van der Waals surface area (Å²) < 4.78 is 5.17. The number of rotatable bonds is 8. The molecule has 0 aromatic heterocycles. The molecule has 2 rings (SSSR count). The summed E-state index contributed by atoms with van der Waals surface area (Å²) >= 11 is 0. The minimum Gasteiger partial charge on any atom is -0.466 e. The number of halogens is 1. The van der Waals surface area contributed by atoms with Crippen LogP contribution in [0.3, 0.4) is 0 Å². The van der Waals surface area contributed by atoms with E-state index in [9.17, 15) is 4.79 Å². The van der Waals surface area contributed by atoms with Crippen LogP contribution in [0.15, 0.2) is 4.99 Å². The van der Waals surface area contributed by atoms with E-state index in [0.29, 0.717) is 6.61 Å². The SMILES string of the molecule is CCNC(=NCCCCN1CCCCC1C)N1CCC(C(=O)OCC)CC1.I. The molecule has 2 aliphatic rings. The molecule has 2 saturated heterocycles. The number of carbonyl (C=O) groups excluding carboxylic acids is 1. The van der Waals surface area contributed by atoms with Gasteiger partial charge in [-0.15, -0.1) is 24.0 Å². The van der Waals surface area contributed by atoms with E-state index >= 15 is 0 Å². The largest absolute Gasteiger partial charge is 0.466 e. The minimum atomic E-state index is -0.0361. The summed E-state index contributed by atoms with van der Waals surface area (Å²) in [6.07, 6.45) is 8.17. The lowest BCUT2D eigenvalue weighted by Crippen LogP contribution is -2.46. The zero-order valence-corrected chi connectivity index (χ0v) is 20.5. The number of hydrogen-bond acceptors (Lipinski definition) is 4. The Morgan fingerprint density at radius 2 is 1.86 bits per heavy atom. The highest BCUT2D eigenvalue weighted by Gasteiger charge is 2.27. The topological polar surface area (TPSA) is 57.2 Å². The summed E-state index contributed by atoms with van der Waals surface area (Å²) in [5, 5.41) is 3.42. The van der Waals surface area contributed by atoms with Crippen LogP contribution >= 0.6 is 24.0 Å². The molecular weight excluding hydrogens is 467 g/mol. The fraction of sp³-hybridized carbons (Fsp3) is 0.905. The standard InChI is InChI=1S/C21H40N4O2.HI/c1-4-22-21(25-16-11-19(12-17-25)20(26)27-5-2)23-13-7-9-15-24-14-8-6-10-18(24)3;/h18-19H,4-17H2,1-3H3,(H,22,23);1H. The average Bonchev–Trinajstić information content (AvgIpc) is 2.68. The molecule has 0 saturated carbocycles. The molecule has 0 aromatic carbocycles. The zero-order chi connectivity index (χ0) is 19.5. The second kappa shape index (κ2) is 14.4. The highest BCUT2D eigenvalue weighted by molar-refractivity contribution is 14.0. The Morgan fingerprint density at radius 1 is 1.11 bits per heavy atom. The Hall–Kier alpha value is -0.570. The Bertz CT molecular complexity index is 467. The third-order valence-corrected chi connectivity index (χ3v) is 5.80. The van der Waals surface area contributed by atoms with Gasteiger partial charge in [-0.2, -0.15) is 0 Å². The Morgan fingerprint density at radius 3 is 2.50 bits per heavy atom. The van der Waals surface area contributed by atoms with Crippen LogP contribution in [0.25, 0.3) is 0 Å². The maximum atomic E-state index is 11.9. The van der Waals surface area contributed by atoms with Gasteiger partial charge in [0, 0.05) is 32.2 Å². The van der Waals surface area contributed by atoms with Crippen LogP contribution in [0.5, 0.6) is 0 Å². The second-order valence-corrected chi connectivity index (χ2v) is 7.84. The van der Waals surface area contributed by atoms with Crippen LogP contribution in [0.1, 0.15) is 65.7 Å². The molecule has 1 atom stereocenters. The molecule has 0 spiro atoms. The van der Waals surface area contributed by atoms with Crippen molar-refractivity contribution in [1.82, 2.24) is 15.1 Å². The van der Waals surface area contributed by atoms with Gasteiger partial charge in [-0.05, 0) is 72.4 Å². The van der Waals surface area contributed by atoms with Crippen molar-refractivity contribution in [3.63, 3.8) is 0 Å². The molecule has 2 aliphatic heterocycles. The quantitative estimate of drug-likeness (QED) is 0.179. The first kappa shape index (κ1) is 25.5. The lowest BCUT2D eigenvalue weighted by molar-refractivity contribution is -0.149. The Labute approximate surface area is 188 Å². The van der Waals surface area contributed by atoms with Crippen molar-refractivity contribution in [2.45, 2.75) is 71.8 Å². The molecule has 7 heteroatoms. The Kier molecular flexibility index (Phi) is 13.1. The van der Waals surface area contributed by atoms with E-state index in [1.807, 2.05) is 6.92 Å². The van der Waals surface area contributed by atoms with Crippen molar-refractivity contribution in [1.29, 1.82) is 0 Å². The van der Waals surface area contributed by atoms with Gasteiger partial charge in [0.25, 0.3) is 0 Å². The molecule has 6 nitrogen and oxygen atoms in total. The predicted molar refractivity (Wildman–Crippen MR) is 126 cm³/mol. The van der Waals surface area contributed by atoms with E-state index in [2.05, 4.69) is 29.0 Å². The first-order valence-electron chi connectivity index (χ1n) is 11.1. The summed E-state index contributed by atoms with van der Waals surface area (Å²) in [6, 6.07) is 0.750. The Balaban J connectivity index is 0.00000392. The van der Waals surface area contributed by atoms with E-state index < -0.39 is 0 Å². The van der Waals surface area contributed by atoms with Crippen LogP contribution < -0.4 is 5.32 Å². The normalized spacial score (nSPS) is 21.9. The molecule has 0 radical (unpaired) electrons. The molecule has 2 heterocycles. The number of nitrogens with zero attached hydrogens (tertiary/aromatic N) is 3. The van der Waals surface area contributed by atoms with E-state index in [1.165, 1.54) is 38.8 Å². The summed E-state index contributed by atoms with van der Waals surface area (Å²) in [5.74, 6) is 1.02. The molecule has 0 bridgehead atoms. The fourth-order valence-corrected chi connectivity index (χ4v) is 4.11. The van der Waals surface area contributed by atoms with Gasteiger partial charge in [-0.3, -0.25) is 9.79 Å². The van der Waals surface area contributed by atoms with Crippen LogP contribution in [-0.4, -0.2) is 73.6 Å². The highest BCUT2D eigenvalue weighted by atomic mass is 127. The predicted octanol–water partition coefficient (Wildman–Crippen LogP) is 3.50. The van der Waals surface area contributed by atoms with Gasteiger partial charge >= 0.3 is 5.97 Å². The molecular formula is C21H41IN4O2. The molecule has 2 fully saturated rings. The van der Waals surface area contributed by atoms with E-state index in [-0.39, 0.29) is 35.9 Å². The van der Waals surface area contributed by atoms with Crippen LogP contribution in [0.2, 0.25) is 0 Å². The summed E-state index contributed by atoms with van der Waals surface area (Å²) in [6.45, 7) is 12.8. The van der Waals surface area contributed by atoms with E-state index in [0.717, 1.165) is 57.4 Å². The monoisotopic (exact) mass is 508 g/mol. The maximum absolute atomic E-state index is 11.9. The molecule has 0 aromatic rings. The highest BCUT2D eigenvalue weighted by Crippen LogP contribution is 2.19. The fourth-order valence-electron chi connectivity index (χ4n) is 4.11. The number of hydrogen-bond donors (Lipinski definition) is 1. The first-order valence-corrected chi connectivity index (χ1v) is 11.1. The minimum absolute atomic E-state index is 0. The van der Waals surface area contributed by atoms with Gasteiger partial charge < -0.3 is 19.9 Å². The number of ether oxygens (including phenoxy) is 1. The zero-order valence-electron chi connectivity index (χ0n) is 18.1. The number of aliphatic imine (C=N–C) groups is 1. The smallest absolute Gasteiger partial charge is 0.309 e. The summed E-state index contributed by atoms with van der Waals surface area (Å²) in [7, 11) is 0. The summed E-state index contributed by atoms with van der Waals surface area (Å²) in [5.41, 5.74) is 0. The number of guanidine groups is 1. The van der Waals surface area contributed by atoms with Crippen molar-refractivity contribution in [3.05, 3.63) is 0 Å². The van der Waals surface area contributed by atoms with Gasteiger partial charge in [0.2, 0.25) is 0 Å². The van der Waals surface area contributed by atoms with E-state index in [4.69, 9.17) is 9.73 Å². The lowest BCUT2D eigenvalue weighted by Gasteiger charge is -2.33. The van der Waals surface area contributed by atoms with Gasteiger partial charge in [0.15, 0.2) is 5.96 Å². The third-order valence-electron chi connectivity index (χ3n) is 5.80. The van der Waals surface area contributed by atoms with Gasteiger partial charge in [0.1, 0.15) is 0 Å². The second-order valence-electron chi connectivity index (χ2n) is 7.84. The van der Waals surface area contributed by atoms with Gasteiger partial charge in [-0.1, -0.05) is 6.42 Å². The number of nitrogens with one attached hydrogen (secondary N) is 1. The summed E-state index contributed by atoms with van der Waals surface area (Å²) in [4.78, 5) is 21.7. The van der Waals surface area contributed by atoms with E-state index in [1.54, 1.807) is 0 Å². The number of esters is 1. The number of unbranched alkanes of at least 4 members (excludes halogenated alkanes) is 1. The average molecular weight is 508 g/mol. The molecule has 1 N–H and O–H groups in total. The van der Waals surface area contributed by atoms with Gasteiger partial charge in [-0.25, -0.2) is 0 Å². The van der Waals surface area contributed by atoms with Crippen LogP contribution in [-0.2, 0) is 9.53 Å². The molecule has 1 unspecified atom stereocenters. The molecule has 0 aliphatic carbocycles. The lowest BCUT2D eigenvalue weighted by atomic mass is 9.97. The first-order chi connectivity index (χ1) is 13.2. The van der Waals surface area contributed by atoms with Crippen molar-refractivity contribution < 1.29 is 9.53 Å². The van der Waals surface area contributed by atoms with Crippen molar-refractivity contribution >= 4 is 35.9 Å². The number of likely N-dealkylation sites (tertiary alicyclic amines) is 2. The van der Waals surface area contributed by atoms with Crippen LogP contribution in [0, 0.1) is 5.92 Å². The maximum Gasteiger partial charge on any atom is 0.309 e. The van der Waals surface area contributed by atoms with Crippen LogP contribution in [0.4, 0.5) is 0 Å². The molecule has 164 valence electrons. The van der Waals surface area contributed by atoms with Crippen molar-refractivity contribution in [3.8, 4) is 0 Å². The van der Waals surface area contributed by atoms with Crippen molar-refractivity contribution in [2.75, 3.05) is 45.9 Å². The third kappa shape index (κ3) is 8.43. The molecule has 28 heavy (non-hydrogen) atoms. The number of piperidine rings is 2. The number of carbonyl (C=O) groups is 1. The van der Waals surface area contributed by atoms with Crippen molar-refractivity contribution in [2.24, 2.45) is 10.9 Å².